The number of nitrogens with zero attached hydrogens (tertiary/aromatic N) is 2. The van der Waals surface area contributed by atoms with Gasteiger partial charge in [0.1, 0.15) is 11.5 Å². The van der Waals surface area contributed by atoms with Crippen LogP contribution >= 0.6 is 0 Å². The number of rotatable bonds is 5. The van der Waals surface area contributed by atoms with E-state index < -0.39 is 0 Å². The molecule has 0 aliphatic heterocycles. The van der Waals surface area contributed by atoms with Crippen LogP contribution in [0.15, 0.2) is 28.9 Å². The van der Waals surface area contributed by atoms with Crippen molar-refractivity contribution in [2.24, 2.45) is 0 Å². The monoisotopic (exact) mass is 233 g/mol. The van der Waals surface area contributed by atoms with Gasteiger partial charge >= 0.3 is 0 Å². The molecular formula is C13H19N3O. The lowest BCUT2D eigenvalue weighted by Crippen LogP contribution is -2.23. The maximum Gasteiger partial charge on any atom is 0.105 e. The van der Waals surface area contributed by atoms with Gasteiger partial charge in [0.2, 0.25) is 0 Å². The number of aromatic nitrogens is 2. The first-order chi connectivity index (χ1) is 8.16. The third-order valence-corrected chi connectivity index (χ3v) is 2.90. The average molecular weight is 233 g/mol. The van der Waals surface area contributed by atoms with E-state index in [0.29, 0.717) is 6.04 Å². The van der Waals surface area contributed by atoms with Crippen LogP contribution in [-0.2, 0) is 6.54 Å². The highest BCUT2D eigenvalue weighted by Crippen LogP contribution is 2.20. The second-order valence-corrected chi connectivity index (χ2v) is 4.31. The van der Waals surface area contributed by atoms with Crippen LogP contribution in [0.3, 0.4) is 0 Å². The van der Waals surface area contributed by atoms with Crippen molar-refractivity contribution in [3.8, 4) is 0 Å². The lowest BCUT2D eigenvalue weighted by molar-refractivity contribution is 0.479. The Labute approximate surface area is 102 Å². The molecule has 0 aliphatic carbocycles. The van der Waals surface area contributed by atoms with Crippen LogP contribution in [0.4, 0.5) is 0 Å². The Kier molecular flexibility index (Phi) is 3.64. The molecule has 0 bridgehead atoms. The third kappa shape index (κ3) is 2.97. The first-order valence-electron chi connectivity index (χ1n) is 5.94. The van der Waals surface area contributed by atoms with Crippen molar-refractivity contribution in [1.82, 2.24) is 15.1 Å². The predicted molar refractivity (Wildman–Crippen MR) is 66.8 cm³/mol. The lowest BCUT2D eigenvalue weighted by Gasteiger charge is -2.12. The molecule has 0 spiro atoms. The van der Waals surface area contributed by atoms with Gasteiger partial charge in [0, 0.05) is 30.5 Å². The third-order valence-electron chi connectivity index (χ3n) is 2.90. The zero-order valence-electron chi connectivity index (χ0n) is 10.6. The highest BCUT2D eigenvalue weighted by atomic mass is 16.3. The first-order valence-corrected chi connectivity index (χ1v) is 5.94. The van der Waals surface area contributed by atoms with Crippen molar-refractivity contribution in [2.45, 2.75) is 33.4 Å². The first kappa shape index (κ1) is 11.9. The summed E-state index contributed by atoms with van der Waals surface area (Å²) in [7, 11) is 0. The minimum absolute atomic E-state index is 0.308. The van der Waals surface area contributed by atoms with Crippen LogP contribution < -0.4 is 5.32 Å². The fourth-order valence-electron chi connectivity index (χ4n) is 2.02. The molecule has 0 fully saturated rings. The lowest BCUT2D eigenvalue weighted by atomic mass is 10.1. The zero-order valence-corrected chi connectivity index (χ0v) is 10.6. The summed E-state index contributed by atoms with van der Waals surface area (Å²) >= 11 is 0. The van der Waals surface area contributed by atoms with Crippen LogP contribution in [0.2, 0.25) is 0 Å². The van der Waals surface area contributed by atoms with Crippen molar-refractivity contribution in [3.05, 3.63) is 41.6 Å². The molecule has 1 atom stereocenters. The van der Waals surface area contributed by atoms with Crippen molar-refractivity contribution in [2.75, 3.05) is 6.54 Å². The number of aryl methyl sites for hydroxylation is 2. The molecule has 2 heterocycles. The van der Waals surface area contributed by atoms with Gasteiger partial charge in [0.25, 0.3) is 0 Å². The molecule has 2 aromatic heterocycles. The van der Waals surface area contributed by atoms with E-state index in [4.69, 9.17) is 4.42 Å². The minimum Gasteiger partial charge on any atom is -0.466 e. The zero-order chi connectivity index (χ0) is 12.3. The highest BCUT2D eigenvalue weighted by molar-refractivity contribution is 5.23. The molecule has 0 radical (unpaired) electrons. The standard InChI is InChI=1S/C13H19N3O/c1-10-9-13(12(3)17-10)11(2)14-6-8-16-7-4-5-15-16/h4-5,7,9,11,14H,6,8H2,1-3H3. The molecule has 0 saturated carbocycles. The Morgan fingerprint density at radius 2 is 2.29 bits per heavy atom. The minimum atomic E-state index is 0.308. The SMILES string of the molecule is Cc1cc(C(C)NCCn2cccn2)c(C)o1. The molecule has 0 aromatic carbocycles. The number of hydrogen-bond donors (Lipinski definition) is 1. The van der Waals surface area contributed by atoms with Gasteiger partial charge in [-0.3, -0.25) is 4.68 Å². The molecular weight excluding hydrogens is 214 g/mol. The van der Waals surface area contributed by atoms with Crippen molar-refractivity contribution < 1.29 is 4.42 Å². The van der Waals surface area contributed by atoms with Gasteiger partial charge in [-0.05, 0) is 32.9 Å². The Hall–Kier alpha value is -1.55. The van der Waals surface area contributed by atoms with Crippen LogP contribution in [0.5, 0.6) is 0 Å². The summed E-state index contributed by atoms with van der Waals surface area (Å²) in [5.74, 6) is 1.97. The molecule has 2 rings (SSSR count). The van der Waals surface area contributed by atoms with E-state index in [-0.39, 0.29) is 0 Å². The summed E-state index contributed by atoms with van der Waals surface area (Å²) in [6.07, 6.45) is 3.77. The Bertz CT molecular complexity index is 459. The van der Waals surface area contributed by atoms with E-state index >= 15 is 0 Å². The molecule has 92 valence electrons. The van der Waals surface area contributed by atoms with Crippen molar-refractivity contribution in [3.63, 3.8) is 0 Å². The highest BCUT2D eigenvalue weighted by Gasteiger charge is 2.11. The van der Waals surface area contributed by atoms with Gasteiger partial charge in [0.05, 0.1) is 6.54 Å². The Morgan fingerprint density at radius 3 is 2.88 bits per heavy atom. The van der Waals surface area contributed by atoms with Crippen LogP contribution in [-0.4, -0.2) is 16.3 Å². The summed E-state index contributed by atoms with van der Waals surface area (Å²) < 4.78 is 7.45. The molecule has 0 aliphatic rings. The predicted octanol–water partition coefficient (Wildman–Crippen LogP) is 2.44. The number of hydrogen-bond acceptors (Lipinski definition) is 3. The van der Waals surface area contributed by atoms with Gasteiger partial charge in [-0.2, -0.15) is 5.10 Å². The van der Waals surface area contributed by atoms with Crippen LogP contribution in [0, 0.1) is 13.8 Å². The van der Waals surface area contributed by atoms with E-state index in [0.717, 1.165) is 24.6 Å². The van der Waals surface area contributed by atoms with Gasteiger partial charge in [-0.1, -0.05) is 0 Å². The summed E-state index contributed by atoms with van der Waals surface area (Å²) in [5.41, 5.74) is 1.24. The topological polar surface area (TPSA) is 43.0 Å². The van der Waals surface area contributed by atoms with Gasteiger partial charge in [-0.25, -0.2) is 0 Å². The molecule has 0 saturated heterocycles. The molecule has 1 N–H and O–H groups in total. The Morgan fingerprint density at radius 1 is 1.47 bits per heavy atom. The summed E-state index contributed by atoms with van der Waals surface area (Å²) in [6, 6.07) is 4.34. The quantitative estimate of drug-likeness (QED) is 0.862. The maximum absolute atomic E-state index is 5.53. The molecule has 1 unspecified atom stereocenters. The van der Waals surface area contributed by atoms with Gasteiger partial charge in [-0.15, -0.1) is 0 Å². The van der Waals surface area contributed by atoms with E-state index in [1.165, 1.54) is 5.56 Å². The number of furan rings is 1. The van der Waals surface area contributed by atoms with E-state index in [9.17, 15) is 0 Å². The summed E-state index contributed by atoms with van der Waals surface area (Å²) in [5, 5.41) is 7.64. The van der Waals surface area contributed by atoms with Crippen LogP contribution in [0.1, 0.15) is 30.0 Å². The molecule has 17 heavy (non-hydrogen) atoms. The van der Waals surface area contributed by atoms with E-state index in [1.54, 1.807) is 6.20 Å². The van der Waals surface area contributed by atoms with Crippen LogP contribution in [0.25, 0.3) is 0 Å². The number of nitrogens with one attached hydrogen (secondary N) is 1. The fourth-order valence-corrected chi connectivity index (χ4v) is 2.02. The maximum atomic E-state index is 5.53. The van der Waals surface area contributed by atoms with Crippen molar-refractivity contribution >= 4 is 0 Å². The summed E-state index contributed by atoms with van der Waals surface area (Å²) in [6.45, 7) is 7.92. The molecule has 0 amide bonds. The molecule has 2 aromatic rings. The second kappa shape index (κ2) is 5.19. The normalized spacial score (nSPS) is 12.9. The van der Waals surface area contributed by atoms with E-state index in [2.05, 4.69) is 23.4 Å². The van der Waals surface area contributed by atoms with Gasteiger partial charge < -0.3 is 9.73 Å². The second-order valence-electron chi connectivity index (χ2n) is 4.31. The van der Waals surface area contributed by atoms with Gasteiger partial charge in [0.15, 0.2) is 0 Å². The van der Waals surface area contributed by atoms with Crippen molar-refractivity contribution in [1.29, 1.82) is 0 Å². The largest absolute Gasteiger partial charge is 0.466 e. The summed E-state index contributed by atoms with van der Waals surface area (Å²) in [4.78, 5) is 0. The average Bonchev–Trinajstić information content (AvgIpc) is 2.88. The molecule has 4 nitrogen and oxygen atoms in total. The smallest absolute Gasteiger partial charge is 0.105 e. The molecule has 4 heteroatoms. The van der Waals surface area contributed by atoms with E-state index in [1.807, 2.05) is 30.8 Å². The fraction of sp³-hybridized carbons (Fsp3) is 0.462. The Balaban J connectivity index is 1.85.